The fourth-order valence-corrected chi connectivity index (χ4v) is 1.92. The van der Waals surface area contributed by atoms with Crippen LogP contribution in [0.1, 0.15) is 24.2 Å². The lowest BCUT2D eigenvalue weighted by Crippen LogP contribution is -2.10. The molecule has 102 valence electrons. The van der Waals surface area contributed by atoms with E-state index in [0.29, 0.717) is 11.4 Å². The molecular weight excluding hydrogens is 255 g/mol. The predicted octanol–water partition coefficient (Wildman–Crippen LogP) is 3.13. The van der Waals surface area contributed by atoms with Crippen LogP contribution in [0.15, 0.2) is 30.5 Å². The Bertz CT molecular complexity index is 568. The van der Waals surface area contributed by atoms with Crippen LogP contribution in [0.5, 0.6) is 0 Å². The SMILES string of the molecule is CC(N)c1cnc(-c2ccc(C(F)(F)F)cc2)n1C. The fourth-order valence-electron chi connectivity index (χ4n) is 1.92. The van der Waals surface area contributed by atoms with Crippen LogP contribution >= 0.6 is 0 Å². The van der Waals surface area contributed by atoms with E-state index >= 15 is 0 Å². The molecule has 0 radical (unpaired) electrons. The summed E-state index contributed by atoms with van der Waals surface area (Å²) in [5.74, 6) is 0.598. The minimum atomic E-state index is -4.32. The zero-order chi connectivity index (χ0) is 14.2. The molecule has 6 heteroatoms. The van der Waals surface area contributed by atoms with Gasteiger partial charge in [0.2, 0.25) is 0 Å². The summed E-state index contributed by atoms with van der Waals surface area (Å²) in [6.07, 6.45) is -2.69. The minimum Gasteiger partial charge on any atom is -0.330 e. The molecule has 1 heterocycles. The molecular formula is C13H14F3N3. The molecule has 1 atom stereocenters. The molecule has 0 aliphatic heterocycles. The van der Waals surface area contributed by atoms with Crippen LogP contribution in [0.2, 0.25) is 0 Å². The Hall–Kier alpha value is -1.82. The maximum Gasteiger partial charge on any atom is 0.416 e. The number of hydrogen-bond acceptors (Lipinski definition) is 2. The molecule has 1 aromatic carbocycles. The number of nitrogens with zero attached hydrogens (tertiary/aromatic N) is 2. The van der Waals surface area contributed by atoms with E-state index in [1.807, 2.05) is 6.92 Å². The fraction of sp³-hybridized carbons (Fsp3) is 0.308. The molecule has 0 amide bonds. The summed E-state index contributed by atoms with van der Waals surface area (Å²) < 4.78 is 39.2. The van der Waals surface area contributed by atoms with E-state index in [9.17, 15) is 13.2 Å². The zero-order valence-corrected chi connectivity index (χ0v) is 10.6. The van der Waals surface area contributed by atoms with E-state index in [-0.39, 0.29) is 6.04 Å². The van der Waals surface area contributed by atoms with E-state index < -0.39 is 11.7 Å². The summed E-state index contributed by atoms with van der Waals surface area (Å²) in [4.78, 5) is 4.20. The van der Waals surface area contributed by atoms with Crippen molar-refractivity contribution in [1.82, 2.24) is 9.55 Å². The van der Waals surface area contributed by atoms with E-state index in [0.717, 1.165) is 17.8 Å². The minimum absolute atomic E-state index is 0.180. The average Bonchev–Trinajstić information content (AvgIpc) is 2.70. The summed E-state index contributed by atoms with van der Waals surface area (Å²) in [6, 6.07) is 4.75. The number of alkyl halides is 3. The predicted molar refractivity (Wildman–Crippen MR) is 66.2 cm³/mol. The van der Waals surface area contributed by atoms with E-state index in [1.165, 1.54) is 12.1 Å². The van der Waals surface area contributed by atoms with Crippen molar-refractivity contribution < 1.29 is 13.2 Å². The van der Waals surface area contributed by atoms with Crippen molar-refractivity contribution in [2.45, 2.75) is 19.1 Å². The van der Waals surface area contributed by atoms with Gasteiger partial charge in [0.25, 0.3) is 0 Å². The first-order chi connectivity index (χ1) is 8.80. The Balaban J connectivity index is 2.38. The average molecular weight is 269 g/mol. The highest BCUT2D eigenvalue weighted by Gasteiger charge is 2.30. The second-order valence-electron chi connectivity index (χ2n) is 4.43. The molecule has 0 aliphatic carbocycles. The molecule has 3 nitrogen and oxygen atoms in total. The molecule has 2 rings (SSSR count). The lowest BCUT2D eigenvalue weighted by molar-refractivity contribution is -0.137. The lowest BCUT2D eigenvalue weighted by Gasteiger charge is -2.10. The zero-order valence-electron chi connectivity index (χ0n) is 10.6. The third-order valence-corrected chi connectivity index (χ3v) is 2.96. The van der Waals surface area contributed by atoms with Crippen LogP contribution < -0.4 is 5.73 Å². The van der Waals surface area contributed by atoms with Crippen LogP contribution in [0.25, 0.3) is 11.4 Å². The first-order valence-corrected chi connectivity index (χ1v) is 5.75. The number of hydrogen-bond donors (Lipinski definition) is 1. The van der Waals surface area contributed by atoms with Crippen LogP contribution in [-0.4, -0.2) is 9.55 Å². The molecule has 19 heavy (non-hydrogen) atoms. The molecule has 0 spiro atoms. The molecule has 0 saturated carbocycles. The van der Waals surface area contributed by atoms with Gasteiger partial charge in [-0.15, -0.1) is 0 Å². The largest absolute Gasteiger partial charge is 0.416 e. The number of nitrogens with two attached hydrogens (primary N) is 1. The van der Waals surface area contributed by atoms with E-state index in [1.54, 1.807) is 17.8 Å². The molecule has 0 saturated heterocycles. The maximum absolute atomic E-state index is 12.5. The Kier molecular flexibility index (Phi) is 3.36. The standard InChI is InChI=1S/C13H14F3N3/c1-8(17)11-7-18-12(19(11)2)9-3-5-10(6-4-9)13(14,15)16/h3-8H,17H2,1-2H3. The highest BCUT2D eigenvalue weighted by atomic mass is 19.4. The van der Waals surface area contributed by atoms with Crippen molar-refractivity contribution >= 4 is 0 Å². The van der Waals surface area contributed by atoms with Crippen LogP contribution in [0, 0.1) is 0 Å². The molecule has 2 aromatic rings. The number of rotatable bonds is 2. The van der Waals surface area contributed by atoms with Crippen molar-refractivity contribution in [2.24, 2.45) is 12.8 Å². The number of benzene rings is 1. The molecule has 1 aromatic heterocycles. The smallest absolute Gasteiger partial charge is 0.330 e. The summed E-state index contributed by atoms with van der Waals surface area (Å²) in [7, 11) is 1.79. The van der Waals surface area contributed by atoms with Gasteiger partial charge in [0.05, 0.1) is 17.5 Å². The van der Waals surface area contributed by atoms with Gasteiger partial charge in [-0.3, -0.25) is 0 Å². The highest BCUT2D eigenvalue weighted by molar-refractivity contribution is 5.57. The molecule has 0 aliphatic rings. The number of aromatic nitrogens is 2. The quantitative estimate of drug-likeness (QED) is 0.910. The first kappa shape index (κ1) is 13.6. The molecule has 0 bridgehead atoms. The van der Waals surface area contributed by atoms with E-state index in [2.05, 4.69) is 4.98 Å². The summed E-state index contributed by atoms with van der Waals surface area (Å²) in [6.45, 7) is 1.83. The molecule has 1 unspecified atom stereocenters. The van der Waals surface area contributed by atoms with Gasteiger partial charge >= 0.3 is 6.18 Å². The van der Waals surface area contributed by atoms with Gasteiger partial charge in [-0.05, 0) is 19.1 Å². The van der Waals surface area contributed by atoms with Gasteiger partial charge in [0.15, 0.2) is 0 Å². The van der Waals surface area contributed by atoms with Crippen molar-refractivity contribution in [3.8, 4) is 11.4 Å². The topological polar surface area (TPSA) is 43.8 Å². The van der Waals surface area contributed by atoms with Crippen molar-refractivity contribution in [3.05, 3.63) is 41.7 Å². The third kappa shape index (κ3) is 2.63. The summed E-state index contributed by atoms with van der Waals surface area (Å²) in [5, 5.41) is 0. The van der Waals surface area contributed by atoms with Crippen molar-refractivity contribution in [2.75, 3.05) is 0 Å². The molecule has 0 fully saturated rings. The van der Waals surface area contributed by atoms with Gasteiger partial charge in [-0.2, -0.15) is 13.2 Å². The highest BCUT2D eigenvalue weighted by Crippen LogP contribution is 2.30. The second-order valence-corrected chi connectivity index (χ2v) is 4.43. The second kappa shape index (κ2) is 4.70. The molecule has 2 N–H and O–H groups in total. The summed E-state index contributed by atoms with van der Waals surface area (Å²) >= 11 is 0. The third-order valence-electron chi connectivity index (χ3n) is 2.96. The number of halogens is 3. The van der Waals surface area contributed by atoms with Gasteiger partial charge in [-0.1, -0.05) is 12.1 Å². The Morgan fingerprint density at radius 2 is 1.79 bits per heavy atom. The van der Waals surface area contributed by atoms with Crippen LogP contribution in [0.3, 0.4) is 0 Å². The van der Waals surface area contributed by atoms with Crippen LogP contribution in [-0.2, 0) is 13.2 Å². The lowest BCUT2D eigenvalue weighted by atomic mass is 10.1. The normalized spacial score (nSPS) is 13.6. The van der Waals surface area contributed by atoms with Gasteiger partial charge in [0.1, 0.15) is 5.82 Å². The Morgan fingerprint density at radius 1 is 1.21 bits per heavy atom. The van der Waals surface area contributed by atoms with Crippen molar-refractivity contribution in [1.29, 1.82) is 0 Å². The van der Waals surface area contributed by atoms with E-state index in [4.69, 9.17) is 5.73 Å². The van der Waals surface area contributed by atoms with Gasteiger partial charge in [-0.25, -0.2) is 4.98 Å². The maximum atomic E-state index is 12.5. The van der Waals surface area contributed by atoms with Crippen molar-refractivity contribution in [3.63, 3.8) is 0 Å². The number of imidazole rings is 1. The van der Waals surface area contributed by atoms with Gasteiger partial charge in [0, 0.05) is 18.7 Å². The van der Waals surface area contributed by atoms with Gasteiger partial charge < -0.3 is 10.3 Å². The Morgan fingerprint density at radius 3 is 2.21 bits per heavy atom. The Labute approximate surface area is 108 Å². The van der Waals surface area contributed by atoms with Crippen LogP contribution in [0.4, 0.5) is 13.2 Å². The summed E-state index contributed by atoms with van der Waals surface area (Å²) in [5.41, 5.74) is 6.56. The monoisotopic (exact) mass is 269 g/mol. The first-order valence-electron chi connectivity index (χ1n) is 5.75.